The summed E-state index contributed by atoms with van der Waals surface area (Å²) in [5, 5.41) is 5.58. The molecule has 0 radical (unpaired) electrons. The molecule has 0 aromatic carbocycles. The van der Waals surface area contributed by atoms with Crippen LogP contribution in [0.15, 0.2) is 0 Å². The number of nitrogens with one attached hydrogen (secondary N) is 2. The van der Waals surface area contributed by atoms with Crippen molar-refractivity contribution in [3.8, 4) is 0 Å². The standard InChI is InChI=1S/C14H30N4O4S2/c1-3-21-13(9-17-11(19)5-7-15)23-24-14(22-4-2)10-18-12(20)6-8-16/h13-14H,3-10,15-16H2,1-2H3,(H,17,19)(H,18,20). The van der Waals surface area contributed by atoms with Gasteiger partial charge in [-0.3, -0.25) is 9.59 Å². The average molecular weight is 383 g/mol. The highest BCUT2D eigenvalue weighted by molar-refractivity contribution is 8.77. The van der Waals surface area contributed by atoms with Gasteiger partial charge in [-0.05, 0) is 13.8 Å². The molecule has 0 aliphatic heterocycles. The third kappa shape index (κ3) is 12.8. The molecule has 8 nitrogen and oxygen atoms in total. The van der Waals surface area contributed by atoms with Crippen molar-refractivity contribution in [2.24, 2.45) is 11.5 Å². The number of hydrogen-bond acceptors (Lipinski definition) is 8. The lowest BCUT2D eigenvalue weighted by Crippen LogP contribution is -2.34. The maximum Gasteiger partial charge on any atom is 0.221 e. The third-order valence-electron chi connectivity index (χ3n) is 2.65. The van der Waals surface area contributed by atoms with E-state index in [2.05, 4.69) is 10.6 Å². The molecule has 2 atom stereocenters. The molecule has 6 N–H and O–H groups in total. The van der Waals surface area contributed by atoms with Gasteiger partial charge in [0, 0.05) is 39.1 Å². The van der Waals surface area contributed by atoms with E-state index < -0.39 is 0 Å². The summed E-state index contributed by atoms with van der Waals surface area (Å²) in [6.45, 7) is 6.30. The van der Waals surface area contributed by atoms with Crippen molar-refractivity contribution in [1.29, 1.82) is 0 Å². The third-order valence-corrected chi connectivity index (χ3v) is 5.42. The van der Waals surface area contributed by atoms with E-state index in [0.717, 1.165) is 0 Å². The zero-order chi connectivity index (χ0) is 18.2. The van der Waals surface area contributed by atoms with E-state index in [1.807, 2.05) is 13.8 Å². The first-order chi connectivity index (χ1) is 11.6. The maximum absolute atomic E-state index is 11.5. The molecule has 0 saturated heterocycles. The molecule has 0 heterocycles. The molecule has 0 bridgehead atoms. The summed E-state index contributed by atoms with van der Waals surface area (Å²) in [6, 6.07) is 0. The average Bonchev–Trinajstić information content (AvgIpc) is 2.55. The van der Waals surface area contributed by atoms with Gasteiger partial charge in [0.15, 0.2) is 0 Å². The molecular weight excluding hydrogens is 352 g/mol. The highest BCUT2D eigenvalue weighted by Crippen LogP contribution is 2.32. The summed E-state index contributed by atoms with van der Waals surface area (Å²) in [7, 11) is 2.93. The van der Waals surface area contributed by atoms with Crippen molar-refractivity contribution in [2.45, 2.75) is 37.6 Å². The first kappa shape index (κ1) is 23.5. The van der Waals surface area contributed by atoms with Crippen LogP contribution in [0.4, 0.5) is 0 Å². The van der Waals surface area contributed by atoms with Crippen LogP contribution in [-0.2, 0) is 19.1 Å². The molecule has 24 heavy (non-hydrogen) atoms. The number of hydrogen-bond donors (Lipinski definition) is 4. The normalized spacial score (nSPS) is 13.3. The fourth-order valence-corrected chi connectivity index (χ4v) is 3.99. The summed E-state index contributed by atoms with van der Waals surface area (Å²) in [6.07, 6.45) is 0.594. The van der Waals surface area contributed by atoms with Crippen LogP contribution in [0, 0.1) is 0 Å². The molecule has 0 spiro atoms. The van der Waals surface area contributed by atoms with E-state index in [1.54, 1.807) is 0 Å². The Labute approximate surface area is 151 Å². The number of carbonyl (C=O) groups excluding carboxylic acids is 2. The van der Waals surface area contributed by atoms with Gasteiger partial charge in [-0.25, -0.2) is 0 Å². The second kappa shape index (κ2) is 16.0. The van der Waals surface area contributed by atoms with Crippen LogP contribution in [0.2, 0.25) is 0 Å². The van der Waals surface area contributed by atoms with Gasteiger partial charge in [0.25, 0.3) is 0 Å². The second-order valence-corrected chi connectivity index (χ2v) is 7.24. The predicted octanol–water partition coefficient (Wildman–Crippen LogP) is 0.0230. The minimum absolute atomic E-state index is 0.0943. The summed E-state index contributed by atoms with van der Waals surface area (Å²) in [4.78, 5) is 23.0. The highest BCUT2D eigenvalue weighted by atomic mass is 33.1. The molecular formula is C14H30N4O4S2. The van der Waals surface area contributed by atoms with Gasteiger partial charge in [0.1, 0.15) is 10.9 Å². The Morgan fingerprint density at radius 1 is 0.875 bits per heavy atom. The van der Waals surface area contributed by atoms with Crippen molar-refractivity contribution in [2.75, 3.05) is 39.4 Å². The Hall–Kier alpha value is -0.520. The fourth-order valence-electron chi connectivity index (χ4n) is 1.57. The molecule has 0 aliphatic carbocycles. The van der Waals surface area contributed by atoms with Crippen LogP contribution in [0.1, 0.15) is 26.7 Å². The summed E-state index contributed by atoms with van der Waals surface area (Å²) < 4.78 is 11.2. The Morgan fingerprint density at radius 3 is 1.54 bits per heavy atom. The minimum Gasteiger partial charge on any atom is -0.365 e. The quantitative estimate of drug-likeness (QED) is 0.230. The van der Waals surface area contributed by atoms with Gasteiger partial charge in [-0.1, -0.05) is 21.6 Å². The van der Waals surface area contributed by atoms with E-state index in [9.17, 15) is 9.59 Å². The van der Waals surface area contributed by atoms with Crippen LogP contribution in [0.3, 0.4) is 0 Å². The summed E-state index contributed by atoms with van der Waals surface area (Å²) in [5.41, 5.74) is 10.3. The van der Waals surface area contributed by atoms with Crippen LogP contribution in [0.25, 0.3) is 0 Å². The van der Waals surface area contributed by atoms with E-state index >= 15 is 0 Å². The van der Waals surface area contributed by atoms with Crippen LogP contribution < -0.4 is 22.1 Å². The topological polar surface area (TPSA) is 129 Å². The van der Waals surface area contributed by atoms with Crippen molar-refractivity contribution in [1.82, 2.24) is 10.6 Å². The zero-order valence-electron chi connectivity index (χ0n) is 14.4. The monoisotopic (exact) mass is 382 g/mol. The molecule has 10 heteroatoms. The molecule has 0 rings (SSSR count). The van der Waals surface area contributed by atoms with E-state index in [0.29, 0.717) is 52.2 Å². The van der Waals surface area contributed by atoms with Gasteiger partial charge >= 0.3 is 0 Å². The SMILES string of the molecule is CCOC(CNC(=O)CCN)SSC(CNC(=O)CCN)OCC. The van der Waals surface area contributed by atoms with E-state index in [1.165, 1.54) is 21.6 Å². The second-order valence-electron chi connectivity index (χ2n) is 4.65. The smallest absolute Gasteiger partial charge is 0.221 e. The molecule has 142 valence electrons. The van der Waals surface area contributed by atoms with Crippen molar-refractivity contribution < 1.29 is 19.1 Å². The largest absolute Gasteiger partial charge is 0.365 e. The van der Waals surface area contributed by atoms with Crippen LogP contribution in [0.5, 0.6) is 0 Å². The maximum atomic E-state index is 11.5. The lowest BCUT2D eigenvalue weighted by molar-refractivity contribution is -0.122. The Bertz CT molecular complexity index is 319. The van der Waals surface area contributed by atoms with Crippen molar-refractivity contribution in [3.63, 3.8) is 0 Å². The molecule has 0 aliphatic rings. The van der Waals surface area contributed by atoms with Crippen molar-refractivity contribution in [3.05, 3.63) is 0 Å². The van der Waals surface area contributed by atoms with Crippen molar-refractivity contribution >= 4 is 33.4 Å². The van der Waals surface area contributed by atoms with Crippen LogP contribution >= 0.6 is 21.6 Å². The fraction of sp³-hybridized carbons (Fsp3) is 0.857. The number of ether oxygens (including phenoxy) is 2. The number of nitrogens with two attached hydrogens (primary N) is 2. The lowest BCUT2D eigenvalue weighted by atomic mass is 10.4. The number of carbonyl (C=O) groups is 2. The van der Waals surface area contributed by atoms with E-state index in [4.69, 9.17) is 20.9 Å². The Kier molecular flexibility index (Phi) is 15.6. The van der Waals surface area contributed by atoms with Gasteiger partial charge in [0.05, 0.1) is 13.1 Å². The Morgan fingerprint density at radius 2 is 1.25 bits per heavy atom. The zero-order valence-corrected chi connectivity index (χ0v) is 16.0. The van der Waals surface area contributed by atoms with Gasteiger partial charge < -0.3 is 31.6 Å². The molecule has 2 unspecified atom stereocenters. The first-order valence-electron chi connectivity index (χ1n) is 8.06. The van der Waals surface area contributed by atoms with Gasteiger partial charge in [-0.15, -0.1) is 0 Å². The molecule has 0 aromatic heterocycles. The number of amides is 2. The van der Waals surface area contributed by atoms with Crippen LogP contribution in [-0.4, -0.2) is 62.1 Å². The summed E-state index contributed by atoms with van der Waals surface area (Å²) in [5.74, 6) is -0.189. The predicted molar refractivity (Wildman–Crippen MR) is 99.4 cm³/mol. The lowest BCUT2D eigenvalue weighted by Gasteiger charge is -2.21. The number of rotatable bonds is 15. The Balaban J connectivity index is 4.26. The summed E-state index contributed by atoms with van der Waals surface area (Å²) >= 11 is 0. The molecule has 0 aromatic rings. The molecule has 0 fully saturated rings. The van der Waals surface area contributed by atoms with Gasteiger partial charge in [0.2, 0.25) is 11.8 Å². The highest BCUT2D eigenvalue weighted by Gasteiger charge is 2.17. The van der Waals surface area contributed by atoms with E-state index in [-0.39, 0.29) is 22.7 Å². The molecule has 2 amide bonds. The van der Waals surface area contributed by atoms with Gasteiger partial charge in [-0.2, -0.15) is 0 Å². The molecule has 0 saturated carbocycles. The first-order valence-corrected chi connectivity index (χ1v) is 10.3. The minimum atomic E-state index is -0.204.